The molecule has 25 heavy (non-hydrogen) atoms. The first-order valence-electron chi connectivity index (χ1n) is 8.20. The van der Waals surface area contributed by atoms with E-state index in [1.807, 2.05) is 13.8 Å². The number of hydrogen-bond donors (Lipinski definition) is 2. The van der Waals surface area contributed by atoms with Gasteiger partial charge >= 0.3 is 0 Å². The van der Waals surface area contributed by atoms with Crippen molar-refractivity contribution in [1.82, 2.24) is 15.6 Å². The molecule has 0 fully saturated rings. The minimum Gasteiger partial charge on any atom is -0.457 e. The molecule has 2 amide bonds. The number of benzene rings is 1. The Balaban J connectivity index is 2.10. The van der Waals surface area contributed by atoms with Gasteiger partial charge in [0.2, 0.25) is 5.91 Å². The van der Waals surface area contributed by atoms with Crippen molar-refractivity contribution in [3.8, 4) is 11.5 Å². The first-order chi connectivity index (χ1) is 12.0. The second-order valence-corrected chi connectivity index (χ2v) is 6.08. The Morgan fingerprint density at radius 1 is 1.12 bits per heavy atom. The van der Waals surface area contributed by atoms with Gasteiger partial charge in [0.15, 0.2) is 0 Å². The van der Waals surface area contributed by atoms with Crippen LogP contribution < -0.4 is 15.4 Å². The zero-order valence-corrected chi connectivity index (χ0v) is 14.7. The molecule has 1 atom stereocenters. The summed E-state index contributed by atoms with van der Waals surface area (Å²) in [5, 5.41) is 5.38. The van der Waals surface area contributed by atoms with E-state index in [1.165, 1.54) is 0 Å². The van der Waals surface area contributed by atoms with Gasteiger partial charge in [-0.2, -0.15) is 0 Å². The molecule has 132 valence electrons. The number of carbonyl (C=O) groups excluding carboxylic acids is 2. The van der Waals surface area contributed by atoms with Crippen LogP contribution in [0.1, 0.15) is 30.6 Å². The minimum absolute atomic E-state index is 0.203. The molecule has 2 N–H and O–H groups in total. The summed E-state index contributed by atoms with van der Waals surface area (Å²) in [6.45, 7) is 4.01. The fourth-order valence-corrected chi connectivity index (χ4v) is 2.36. The van der Waals surface area contributed by atoms with Crippen LogP contribution >= 0.6 is 0 Å². The molecule has 6 nitrogen and oxygen atoms in total. The third kappa shape index (κ3) is 5.60. The maximum absolute atomic E-state index is 12.5. The van der Waals surface area contributed by atoms with Crippen LogP contribution in [-0.4, -0.2) is 29.9 Å². The van der Waals surface area contributed by atoms with Gasteiger partial charge in [0.05, 0.1) is 0 Å². The maximum Gasteiger partial charge on any atom is 0.252 e. The summed E-state index contributed by atoms with van der Waals surface area (Å²) in [5.41, 5.74) is 0.434. The Hall–Kier alpha value is -2.89. The van der Waals surface area contributed by atoms with E-state index in [0.717, 1.165) is 0 Å². The lowest BCUT2D eigenvalue weighted by Crippen LogP contribution is -2.46. The first-order valence-corrected chi connectivity index (χ1v) is 8.20. The van der Waals surface area contributed by atoms with Crippen molar-refractivity contribution >= 4 is 11.8 Å². The van der Waals surface area contributed by atoms with Crippen LogP contribution in [0.15, 0.2) is 48.8 Å². The van der Waals surface area contributed by atoms with Crippen molar-refractivity contribution < 1.29 is 14.3 Å². The first kappa shape index (κ1) is 18.4. The summed E-state index contributed by atoms with van der Waals surface area (Å²) in [7, 11) is 1.56. The number of nitrogens with one attached hydrogen (secondary N) is 2. The van der Waals surface area contributed by atoms with Crippen LogP contribution in [0.3, 0.4) is 0 Å². The Bertz CT molecular complexity index is 717. The van der Waals surface area contributed by atoms with Crippen LogP contribution in [-0.2, 0) is 4.79 Å². The fraction of sp³-hybridized carbons (Fsp3) is 0.316. The van der Waals surface area contributed by atoms with Gasteiger partial charge in [-0.15, -0.1) is 0 Å². The second-order valence-electron chi connectivity index (χ2n) is 6.08. The summed E-state index contributed by atoms with van der Waals surface area (Å²) >= 11 is 0. The van der Waals surface area contributed by atoms with Crippen molar-refractivity contribution in [2.75, 3.05) is 7.05 Å². The van der Waals surface area contributed by atoms with E-state index < -0.39 is 6.04 Å². The molecule has 2 rings (SSSR count). The normalized spacial score (nSPS) is 11.7. The molecule has 1 aromatic heterocycles. The lowest BCUT2D eigenvalue weighted by molar-refractivity contribution is -0.122. The van der Waals surface area contributed by atoms with Gasteiger partial charge in [0.1, 0.15) is 17.5 Å². The molecule has 0 spiro atoms. The molecule has 0 aliphatic heterocycles. The van der Waals surface area contributed by atoms with Crippen molar-refractivity contribution in [1.29, 1.82) is 0 Å². The van der Waals surface area contributed by atoms with E-state index in [9.17, 15) is 9.59 Å². The highest BCUT2D eigenvalue weighted by molar-refractivity contribution is 5.97. The zero-order chi connectivity index (χ0) is 18.2. The lowest BCUT2D eigenvalue weighted by atomic mass is 10.0. The van der Waals surface area contributed by atoms with Crippen LogP contribution in [0.2, 0.25) is 0 Å². The largest absolute Gasteiger partial charge is 0.457 e. The average Bonchev–Trinajstić information content (AvgIpc) is 2.61. The van der Waals surface area contributed by atoms with Crippen LogP contribution in [0, 0.1) is 5.92 Å². The number of likely N-dealkylation sites (N-methyl/N-ethyl adjacent to an activating group) is 1. The topological polar surface area (TPSA) is 80.3 Å². The summed E-state index contributed by atoms with van der Waals surface area (Å²) in [4.78, 5) is 28.4. The molecule has 0 aliphatic carbocycles. The van der Waals surface area contributed by atoms with Crippen LogP contribution in [0.25, 0.3) is 0 Å². The molecule has 0 saturated heterocycles. The maximum atomic E-state index is 12.5. The highest BCUT2D eigenvalue weighted by Crippen LogP contribution is 2.21. The molecule has 0 aliphatic rings. The smallest absolute Gasteiger partial charge is 0.252 e. The number of hydrogen-bond acceptors (Lipinski definition) is 4. The van der Waals surface area contributed by atoms with Gasteiger partial charge in [-0.1, -0.05) is 19.9 Å². The van der Waals surface area contributed by atoms with Gasteiger partial charge in [-0.25, -0.2) is 0 Å². The summed E-state index contributed by atoms with van der Waals surface area (Å²) < 4.78 is 5.71. The molecule has 0 bridgehead atoms. The van der Waals surface area contributed by atoms with Crippen molar-refractivity contribution in [3.05, 3.63) is 54.4 Å². The van der Waals surface area contributed by atoms with Gasteiger partial charge < -0.3 is 15.4 Å². The number of carbonyl (C=O) groups is 2. The van der Waals surface area contributed by atoms with Gasteiger partial charge in [-0.3, -0.25) is 14.6 Å². The molecule has 0 radical (unpaired) electrons. The second kappa shape index (κ2) is 8.82. The molecule has 6 heteroatoms. The van der Waals surface area contributed by atoms with Crippen LogP contribution in [0.4, 0.5) is 0 Å². The van der Waals surface area contributed by atoms with E-state index in [0.29, 0.717) is 23.5 Å². The molecule has 1 aromatic carbocycles. The predicted octanol–water partition coefficient (Wildman–Crippen LogP) is 2.76. The predicted molar refractivity (Wildman–Crippen MR) is 95.5 cm³/mol. The number of pyridine rings is 1. The Kier molecular flexibility index (Phi) is 6.51. The van der Waals surface area contributed by atoms with E-state index >= 15 is 0 Å². The number of ether oxygens (including phenoxy) is 1. The SMILES string of the molecule is CNC(=O)[C@H](CC(C)C)NC(=O)c1cccc(Oc2ccncc2)c1. The highest BCUT2D eigenvalue weighted by atomic mass is 16.5. The number of aromatic nitrogens is 1. The van der Waals surface area contributed by atoms with Crippen molar-refractivity contribution in [3.63, 3.8) is 0 Å². The Morgan fingerprint density at radius 3 is 2.48 bits per heavy atom. The lowest BCUT2D eigenvalue weighted by Gasteiger charge is -2.19. The Morgan fingerprint density at radius 2 is 1.84 bits per heavy atom. The van der Waals surface area contributed by atoms with Crippen molar-refractivity contribution in [2.45, 2.75) is 26.3 Å². The molecule has 0 unspecified atom stereocenters. The average molecular weight is 341 g/mol. The molecule has 1 heterocycles. The number of rotatable bonds is 7. The minimum atomic E-state index is -0.567. The van der Waals surface area contributed by atoms with Gasteiger partial charge in [0, 0.05) is 25.0 Å². The van der Waals surface area contributed by atoms with E-state index in [-0.39, 0.29) is 17.7 Å². The summed E-state index contributed by atoms with van der Waals surface area (Å²) in [5.74, 6) is 0.944. The summed E-state index contributed by atoms with van der Waals surface area (Å²) in [6, 6.07) is 9.73. The van der Waals surface area contributed by atoms with Crippen molar-refractivity contribution in [2.24, 2.45) is 5.92 Å². The van der Waals surface area contributed by atoms with Gasteiger partial charge in [-0.05, 0) is 42.7 Å². The quantitative estimate of drug-likeness (QED) is 0.811. The van der Waals surface area contributed by atoms with E-state index in [1.54, 1.807) is 55.8 Å². The number of amides is 2. The number of nitrogens with zero attached hydrogens (tertiary/aromatic N) is 1. The molecule has 2 aromatic rings. The highest BCUT2D eigenvalue weighted by Gasteiger charge is 2.21. The van der Waals surface area contributed by atoms with E-state index in [2.05, 4.69) is 15.6 Å². The van der Waals surface area contributed by atoms with Crippen LogP contribution in [0.5, 0.6) is 11.5 Å². The molecular weight excluding hydrogens is 318 g/mol. The molecular formula is C19H23N3O3. The fourth-order valence-electron chi connectivity index (χ4n) is 2.36. The van der Waals surface area contributed by atoms with E-state index in [4.69, 9.17) is 4.74 Å². The zero-order valence-electron chi connectivity index (χ0n) is 14.7. The monoisotopic (exact) mass is 341 g/mol. The van der Waals surface area contributed by atoms with Gasteiger partial charge in [0.25, 0.3) is 5.91 Å². The Labute approximate surface area is 147 Å². The molecule has 0 saturated carbocycles. The third-order valence-electron chi connectivity index (χ3n) is 3.56. The standard InChI is InChI=1S/C19H23N3O3/c1-13(2)11-17(19(24)20-3)22-18(23)14-5-4-6-16(12-14)25-15-7-9-21-10-8-15/h4-10,12-13,17H,11H2,1-3H3,(H,20,24)(H,22,23)/t17-/m0/s1. The third-order valence-corrected chi connectivity index (χ3v) is 3.56. The summed E-state index contributed by atoms with van der Waals surface area (Å²) in [6.07, 6.45) is 3.83.